The smallest absolute Gasteiger partial charge is 0.271 e. The van der Waals surface area contributed by atoms with Crippen LogP contribution in [0.4, 0.5) is 0 Å². The molecule has 1 amide bonds. The van der Waals surface area contributed by atoms with Crippen molar-refractivity contribution in [3.63, 3.8) is 0 Å². The summed E-state index contributed by atoms with van der Waals surface area (Å²) in [7, 11) is 1.58. The van der Waals surface area contributed by atoms with Gasteiger partial charge in [0.1, 0.15) is 0 Å². The van der Waals surface area contributed by atoms with Crippen LogP contribution in [0.25, 0.3) is 5.69 Å². The van der Waals surface area contributed by atoms with Crippen molar-refractivity contribution < 1.29 is 4.79 Å². The lowest BCUT2D eigenvalue weighted by molar-refractivity contribution is 0.0958. The first-order valence-corrected chi connectivity index (χ1v) is 6.21. The summed E-state index contributed by atoms with van der Waals surface area (Å²) in [5, 5.41) is 6.75. The van der Waals surface area contributed by atoms with Gasteiger partial charge in [0.25, 0.3) is 5.91 Å². The van der Waals surface area contributed by atoms with Crippen LogP contribution in [-0.4, -0.2) is 22.7 Å². The minimum atomic E-state index is -0.206. The van der Waals surface area contributed by atoms with Crippen molar-refractivity contribution in [3.05, 3.63) is 46.2 Å². The van der Waals surface area contributed by atoms with Gasteiger partial charge in [-0.1, -0.05) is 15.9 Å². The van der Waals surface area contributed by atoms with Gasteiger partial charge in [-0.15, -0.1) is 0 Å². The van der Waals surface area contributed by atoms with Gasteiger partial charge in [0.2, 0.25) is 0 Å². The third kappa shape index (κ3) is 2.60. The summed E-state index contributed by atoms with van der Waals surface area (Å²) in [6.45, 7) is 0.454. The molecule has 0 aliphatic heterocycles. The summed E-state index contributed by atoms with van der Waals surface area (Å²) >= 11 is 3.42. The molecule has 0 spiro atoms. The van der Waals surface area contributed by atoms with Gasteiger partial charge in [0, 0.05) is 24.3 Å². The van der Waals surface area contributed by atoms with Gasteiger partial charge < -0.3 is 11.1 Å². The molecule has 94 valence electrons. The van der Waals surface area contributed by atoms with Crippen LogP contribution in [0, 0.1) is 0 Å². The topological polar surface area (TPSA) is 72.9 Å². The molecular formula is C12H13BrN4O. The third-order valence-electron chi connectivity index (χ3n) is 2.49. The molecule has 0 fully saturated rings. The summed E-state index contributed by atoms with van der Waals surface area (Å²) in [5.41, 5.74) is 7.87. The lowest BCUT2D eigenvalue weighted by Crippen LogP contribution is -2.18. The maximum absolute atomic E-state index is 11.4. The first-order chi connectivity index (χ1) is 8.63. The number of hydrogen-bond acceptors (Lipinski definition) is 3. The first-order valence-electron chi connectivity index (χ1n) is 5.41. The number of aromatic nitrogens is 2. The monoisotopic (exact) mass is 308 g/mol. The summed E-state index contributed by atoms with van der Waals surface area (Å²) in [6, 6.07) is 7.47. The highest BCUT2D eigenvalue weighted by Crippen LogP contribution is 2.18. The highest BCUT2D eigenvalue weighted by Gasteiger charge is 2.08. The fourth-order valence-corrected chi connectivity index (χ4v) is 2.13. The number of nitrogens with zero attached hydrogens (tertiary/aromatic N) is 2. The number of benzene rings is 1. The Morgan fingerprint density at radius 1 is 1.50 bits per heavy atom. The molecule has 0 atom stereocenters. The van der Waals surface area contributed by atoms with Crippen LogP contribution in [0.3, 0.4) is 0 Å². The molecule has 0 bridgehead atoms. The standard InChI is InChI=1S/C12H13BrN4O/c1-15-12(18)11-2-3-17(16-11)10-5-8(7-14)4-9(13)6-10/h2-6H,7,14H2,1H3,(H,15,18). The Labute approximate surface area is 113 Å². The SMILES string of the molecule is CNC(=O)c1ccn(-c2cc(Br)cc(CN)c2)n1. The molecule has 0 aliphatic carbocycles. The molecule has 0 aliphatic rings. The molecule has 1 aromatic carbocycles. The number of rotatable bonds is 3. The van der Waals surface area contributed by atoms with E-state index < -0.39 is 0 Å². The van der Waals surface area contributed by atoms with Crippen molar-refractivity contribution in [3.8, 4) is 5.69 Å². The van der Waals surface area contributed by atoms with Crippen molar-refractivity contribution in [2.45, 2.75) is 6.54 Å². The zero-order valence-electron chi connectivity index (χ0n) is 9.85. The van der Waals surface area contributed by atoms with E-state index in [2.05, 4.69) is 26.3 Å². The third-order valence-corrected chi connectivity index (χ3v) is 2.95. The van der Waals surface area contributed by atoms with Crippen molar-refractivity contribution in [1.82, 2.24) is 15.1 Å². The summed E-state index contributed by atoms with van der Waals surface area (Å²) in [5.74, 6) is -0.206. The molecule has 18 heavy (non-hydrogen) atoms. The Balaban J connectivity index is 2.39. The molecule has 6 heteroatoms. The fourth-order valence-electron chi connectivity index (χ4n) is 1.60. The normalized spacial score (nSPS) is 10.4. The van der Waals surface area contributed by atoms with E-state index in [-0.39, 0.29) is 5.91 Å². The van der Waals surface area contributed by atoms with E-state index in [9.17, 15) is 4.79 Å². The highest BCUT2D eigenvalue weighted by atomic mass is 79.9. The molecule has 0 saturated carbocycles. The lowest BCUT2D eigenvalue weighted by atomic mass is 10.2. The quantitative estimate of drug-likeness (QED) is 0.901. The maximum atomic E-state index is 11.4. The Bertz CT molecular complexity index is 579. The molecule has 2 aromatic rings. The van der Waals surface area contributed by atoms with Crippen LogP contribution in [0.15, 0.2) is 34.9 Å². The minimum absolute atomic E-state index is 0.206. The van der Waals surface area contributed by atoms with Crippen LogP contribution in [0.2, 0.25) is 0 Å². The largest absolute Gasteiger partial charge is 0.354 e. The van der Waals surface area contributed by atoms with Gasteiger partial charge in [0.15, 0.2) is 5.69 Å². The van der Waals surface area contributed by atoms with E-state index in [1.54, 1.807) is 24.0 Å². The van der Waals surface area contributed by atoms with E-state index in [1.165, 1.54) is 0 Å². The van der Waals surface area contributed by atoms with Gasteiger partial charge in [-0.25, -0.2) is 4.68 Å². The molecule has 5 nitrogen and oxygen atoms in total. The summed E-state index contributed by atoms with van der Waals surface area (Å²) in [6.07, 6.45) is 1.74. The molecule has 3 N–H and O–H groups in total. The van der Waals surface area contributed by atoms with E-state index in [0.717, 1.165) is 15.7 Å². The van der Waals surface area contributed by atoms with E-state index >= 15 is 0 Å². The average Bonchev–Trinajstić information content (AvgIpc) is 2.86. The zero-order valence-corrected chi connectivity index (χ0v) is 11.4. The first kappa shape index (κ1) is 12.8. The summed E-state index contributed by atoms with van der Waals surface area (Å²) in [4.78, 5) is 11.4. The predicted octanol–water partition coefficient (Wildman–Crippen LogP) is 1.45. The Kier molecular flexibility index (Phi) is 3.78. The Morgan fingerprint density at radius 2 is 2.28 bits per heavy atom. The second kappa shape index (κ2) is 5.32. The van der Waals surface area contributed by atoms with E-state index in [1.807, 2.05) is 18.2 Å². The number of halogens is 1. The minimum Gasteiger partial charge on any atom is -0.354 e. The van der Waals surface area contributed by atoms with Crippen molar-refractivity contribution >= 4 is 21.8 Å². The van der Waals surface area contributed by atoms with Crippen LogP contribution in [0.1, 0.15) is 16.1 Å². The van der Waals surface area contributed by atoms with Gasteiger partial charge >= 0.3 is 0 Å². The summed E-state index contributed by atoms with van der Waals surface area (Å²) < 4.78 is 2.58. The Morgan fingerprint density at radius 3 is 2.94 bits per heavy atom. The number of carbonyl (C=O) groups is 1. The zero-order chi connectivity index (χ0) is 13.1. The van der Waals surface area contributed by atoms with E-state index in [4.69, 9.17) is 5.73 Å². The van der Waals surface area contributed by atoms with Crippen molar-refractivity contribution in [2.24, 2.45) is 5.73 Å². The second-order valence-electron chi connectivity index (χ2n) is 3.75. The molecule has 1 heterocycles. The van der Waals surface area contributed by atoms with E-state index in [0.29, 0.717) is 12.2 Å². The molecule has 2 rings (SSSR count). The number of hydrogen-bond donors (Lipinski definition) is 2. The van der Waals surface area contributed by atoms with Gasteiger partial charge in [0.05, 0.1) is 5.69 Å². The number of nitrogens with one attached hydrogen (secondary N) is 1. The molecular weight excluding hydrogens is 296 g/mol. The average molecular weight is 309 g/mol. The molecule has 0 radical (unpaired) electrons. The molecule has 0 saturated heterocycles. The maximum Gasteiger partial charge on any atom is 0.271 e. The highest BCUT2D eigenvalue weighted by molar-refractivity contribution is 9.10. The fraction of sp³-hybridized carbons (Fsp3) is 0.167. The number of carbonyl (C=O) groups excluding carboxylic acids is 1. The van der Waals surface area contributed by atoms with Crippen molar-refractivity contribution in [1.29, 1.82) is 0 Å². The van der Waals surface area contributed by atoms with Gasteiger partial charge in [-0.05, 0) is 29.8 Å². The lowest BCUT2D eigenvalue weighted by Gasteiger charge is -2.05. The molecule has 0 unspecified atom stereocenters. The van der Waals surface area contributed by atoms with Crippen LogP contribution in [-0.2, 0) is 6.54 Å². The Hall–Kier alpha value is -1.66. The van der Waals surface area contributed by atoms with Crippen LogP contribution < -0.4 is 11.1 Å². The molecule has 1 aromatic heterocycles. The van der Waals surface area contributed by atoms with Crippen molar-refractivity contribution in [2.75, 3.05) is 7.05 Å². The van der Waals surface area contributed by atoms with Crippen LogP contribution in [0.5, 0.6) is 0 Å². The van der Waals surface area contributed by atoms with Gasteiger partial charge in [-0.2, -0.15) is 5.10 Å². The number of amides is 1. The van der Waals surface area contributed by atoms with Gasteiger partial charge in [-0.3, -0.25) is 4.79 Å². The number of nitrogens with two attached hydrogens (primary N) is 1. The predicted molar refractivity (Wildman–Crippen MR) is 72.5 cm³/mol. The van der Waals surface area contributed by atoms with Crippen LogP contribution >= 0.6 is 15.9 Å². The second-order valence-corrected chi connectivity index (χ2v) is 4.66.